The zero-order valence-corrected chi connectivity index (χ0v) is 10.9. The Hall–Kier alpha value is -2.04. The maximum atomic E-state index is 11.1. The molecule has 1 aliphatic heterocycles. The number of ether oxygens (including phenoxy) is 4. The van der Waals surface area contributed by atoms with Crippen LogP contribution in [0.2, 0.25) is 0 Å². The van der Waals surface area contributed by atoms with E-state index >= 15 is 0 Å². The van der Waals surface area contributed by atoms with Gasteiger partial charge in [-0.25, -0.2) is 4.79 Å². The molecule has 1 aliphatic rings. The molecule has 0 atom stereocenters. The first-order valence-electron chi connectivity index (χ1n) is 5.29. The lowest BCUT2D eigenvalue weighted by molar-refractivity contribution is -0.188. The molecule has 1 fully saturated rings. The van der Waals surface area contributed by atoms with Crippen LogP contribution >= 0.6 is 0 Å². The average molecular weight is 293 g/mol. The summed E-state index contributed by atoms with van der Waals surface area (Å²) in [4.78, 5) is 45.6. The molecule has 0 radical (unpaired) electrons. The SMILES string of the molecule is C=O.COCOCOCOC(=O)ON1C(=O)CCC1=O. The fourth-order valence-electron chi connectivity index (χ4n) is 1.06. The number of carbonyl (C=O) groups is 4. The van der Waals surface area contributed by atoms with Crippen LogP contribution in [0.25, 0.3) is 0 Å². The van der Waals surface area contributed by atoms with Crippen LogP contribution in [0.5, 0.6) is 0 Å². The minimum atomic E-state index is -1.20. The molecule has 0 bridgehead atoms. The number of hydroxylamine groups is 2. The summed E-state index contributed by atoms with van der Waals surface area (Å²) < 4.78 is 18.4. The highest BCUT2D eigenvalue weighted by Crippen LogP contribution is 2.12. The highest BCUT2D eigenvalue weighted by Gasteiger charge is 2.33. The second-order valence-corrected chi connectivity index (χ2v) is 3.12. The van der Waals surface area contributed by atoms with Crippen molar-refractivity contribution in [3.8, 4) is 0 Å². The molecule has 10 nitrogen and oxygen atoms in total. The summed E-state index contributed by atoms with van der Waals surface area (Å²) in [5.41, 5.74) is 0. The van der Waals surface area contributed by atoms with Crippen molar-refractivity contribution in [3.05, 3.63) is 0 Å². The van der Waals surface area contributed by atoms with Gasteiger partial charge >= 0.3 is 6.16 Å². The van der Waals surface area contributed by atoms with Gasteiger partial charge in [0.15, 0.2) is 13.6 Å². The van der Waals surface area contributed by atoms with Crippen molar-refractivity contribution in [2.24, 2.45) is 0 Å². The number of nitrogens with zero attached hydrogens (tertiary/aromatic N) is 1. The zero-order valence-electron chi connectivity index (χ0n) is 10.9. The van der Waals surface area contributed by atoms with E-state index in [0.717, 1.165) is 0 Å². The number of hydrogen-bond donors (Lipinski definition) is 0. The first-order valence-corrected chi connectivity index (χ1v) is 5.29. The van der Waals surface area contributed by atoms with E-state index < -0.39 is 24.8 Å². The van der Waals surface area contributed by atoms with Gasteiger partial charge in [0.2, 0.25) is 0 Å². The molecule has 0 N–H and O–H groups in total. The largest absolute Gasteiger partial charge is 0.536 e. The van der Waals surface area contributed by atoms with Gasteiger partial charge in [-0.1, -0.05) is 5.06 Å². The molecule has 0 aromatic heterocycles. The van der Waals surface area contributed by atoms with Crippen molar-refractivity contribution < 1.29 is 43.0 Å². The Morgan fingerprint density at radius 1 is 1.10 bits per heavy atom. The van der Waals surface area contributed by atoms with Gasteiger partial charge < -0.3 is 23.7 Å². The molecule has 20 heavy (non-hydrogen) atoms. The van der Waals surface area contributed by atoms with Crippen molar-refractivity contribution in [1.29, 1.82) is 0 Å². The molecule has 0 unspecified atom stereocenters. The Bertz CT molecular complexity index is 317. The van der Waals surface area contributed by atoms with E-state index in [9.17, 15) is 14.4 Å². The summed E-state index contributed by atoms with van der Waals surface area (Å²) in [7, 11) is 1.44. The van der Waals surface area contributed by atoms with Crippen LogP contribution in [0.4, 0.5) is 4.79 Å². The van der Waals surface area contributed by atoms with Crippen molar-refractivity contribution in [2.75, 3.05) is 27.5 Å². The minimum Gasteiger partial charge on any atom is -0.405 e. The van der Waals surface area contributed by atoms with Crippen molar-refractivity contribution >= 4 is 24.8 Å². The van der Waals surface area contributed by atoms with E-state index in [2.05, 4.69) is 14.3 Å². The summed E-state index contributed by atoms with van der Waals surface area (Å²) in [5, 5.41) is 0.379. The third kappa shape index (κ3) is 6.78. The van der Waals surface area contributed by atoms with Gasteiger partial charge in [-0.3, -0.25) is 14.4 Å². The molecule has 0 aliphatic carbocycles. The van der Waals surface area contributed by atoms with E-state index in [1.165, 1.54) is 7.11 Å². The molecule has 0 spiro atoms. The maximum absolute atomic E-state index is 11.1. The van der Waals surface area contributed by atoms with Gasteiger partial charge in [-0.05, 0) is 0 Å². The molecule has 1 rings (SSSR count). The molecular formula is C10H15NO9. The monoisotopic (exact) mass is 293 g/mol. The van der Waals surface area contributed by atoms with Gasteiger partial charge in [0.05, 0.1) is 0 Å². The summed E-state index contributed by atoms with van der Waals surface area (Å²) in [6, 6.07) is 0. The topological polar surface area (TPSA) is 118 Å². The smallest absolute Gasteiger partial charge is 0.405 e. The second kappa shape index (κ2) is 10.8. The first kappa shape index (κ1) is 18.0. The Labute approximate surface area is 114 Å². The van der Waals surface area contributed by atoms with Crippen LogP contribution in [0.3, 0.4) is 0 Å². The molecule has 1 saturated heterocycles. The van der Waals surface area contributed by atoms with Gasteiger partial charge in [0.1, 0.15) is 13.6 Å². The molecule has 1 heterocycles. The van der Waals surface area contributed by atoms with Crippen LogP contribution in [0.1, 0.15) is 12.8 Å². The van der Waals surface area contributed by atoms with E-state index in [-0.39, 0.29) is 26.4 Å². The summed E-state index contributed by atoms with van der Waals surface area (Å²) in [6.07, 6.45) is -1.16. The highest BCUT2D eigenvalue weighted by molar-refractivity contribution is 6.01. The van der Waals surface area contributed by atoms with Crippen LogP contribution in [-0.4, -0.2) is 57.3 Å². The summed E-state index contributed by atoms with van der Waals surface area (Å²) in [6.45, 7) is 1.47. The third-order valence-corrected chi connectivity index (χ3v) is 1.80. The predicted octanol–water partition coefficient (Wildman–Crippen LogP) is -0.429. The van der Waals surface area contributed by atoms with Gasteiger partial charge in [0.25, 0.3) is 11.8 Å². The lowest BCUT2D eigenvalue weighted by atomic mass is 10.4. The van der Waals surface area contributed by atoms with Crippen molar-refractivity contribution in [2.45, 2.75) is 12.8 Å². The zero-order chi connectivity index (χ0) is 15.4. The van der Waals surface area contributed by atoms with Gasteiger partial charge in [-0.15, -0.1) is 0 Å². The predicted molar refractivity (Wildman–Crippen MR) is 59.6 cm³/mol. The molecule has 10 heteroatoms. The van der Waals surface area contributed by atoms with E-state index in [4.69, 9.17) is 14.3 Å². The number of hydrogen-bond acceptors (Lipinski definition) is 9. The number of imide groups is 1. The molecule has 0 aromatic carbocycles. The van der Waals surface area contributed by atoms with Gasteiger partial charge in [-0.2, -0.15) is 0 Å². The fourth-order valence-corrected chi connectivity index (χ4v) is 1.06. The lowest BCUT2D eigenvalue weighted by Gasteiger charge is -2.12. The molecular weight excluding hydrogens is 278 g/mol. The molecule has 0 saturated carbocycles. The van der Waals surface area contributed by atoms with E-state index in [0.29, 0.717) is 5.06 Å². The number of methoxy groups -OCH3 is 1. The molecule has 0 aromatic rings. The minimum absolute atomic E-state index is 0.0213. The Kier molecular flexibility index (Phi) is 9.74. The van der Waals surface area contributed by atoms with Crippen LogP contribution < -0.4 is 0 Å². The maximum Gasteiger partial charge on any atom is 0.536 e. The van der Waals surface area contributed by atoms with Crippen LogP contribution in [-0.2, 0) is 38.2 Å². The molecule has 2 amide bonds. The van der Waals surface area contributed by atoms with Crippen LogP contribution in [0, 0.1) is 0 Å². The normalized spacial score (nSPS) is 13.8. The first-order chi connectivity index (χ1) is 9.65. The van der Waals surface area contributed by atoms with Crippen molar-refractivity contribution in [3.63, 3.8) is 0 Å². The average Bonchev–Trinajstić information content (AvgIpc) is 2.77. The Balaban J connectivity index is 0.00000172. The lowest BCUT2D eigenvalue weighted by Crippen LogP contribution is -2.32. The number of carbonyl (C=O) groups excluding carboxylic acids is 4. The number of rotatable bonds is 7. The fraction of sp³-hybridized carbons (Fsp3) is 0.600. The number of amides is 2. The van der Waals surface area contributed by atoms with E-state index in [1.54, 1.807) is 0 Å². The molecule has 114 valence electrons. The second-order valence-electron chi connectivity index (χ2n) is 3.12. The van der Waals surface area contributed by atoms with Crippen LogP contribution in [0.15, 0.2) is 0 Å². The third-order valence-electron chi connectivity index (χ3n) is 1.80. The van der Waals surface area contributed by atoms with Gasteiger partial charge in [0, 0.05) is 20.0 Å². The summed E-state index contributed by atoms with van der Waals surface area (Å²) >= 11 is 0. The standard InChI is InChI=1S/C9H13NO8.CH2O/c1-14-4-15-5-16-6-17-9(13)18-10-7(11)2-3-8(10)12;1-2/h2-6H2,1H3;1H2. The van der Waals surface area contributed by atoms with E-state index in [1.807, 2.05) is 6.79 Å². The quantitative estimate of drug-likeness (QED) is 0.266. The summed E-state index contributed by atoms with van der Waals surface area (Å²) in [5.74, 6) is -1.16. The van der Waals surface area contributed by atoms with Crippen molar-refractivity contribution in [1.82, 2.24) is 5.06 Å². The highest BCUT2D eigenvalue weighted by atomic mass is 16.9. The Morgan fingerprint density at radius 3 is 2.20 bits per heavy atom. The Morgan fingerprint density at radius 2 is 1.65 bits per heavy atom.